The molecule has 2 aromatic heterocycles. The number of carbonyl (C=O) groups excluding carboxylic acids is 1. The van der Waals surface area contributed by atoms with Gasteiger partial charge in [-0.2, -0.15) is 26.3 Å². The third kappa shape index (κ3) is 6.50. The Morgan fingerprint density at radius 2 is 1.66 bits per heavy atom. The first-order chi connectivity index (χ1) is 16.4. The van der Waals surface area contributed by atoms with Crippen LogP contribution in [0.1, 0.15) is 16.8 Å². The Bertz CT molecular complexity index is 1170. The fourth-order valence-electron chi connectivity index (χ4n) is 2.83. The minimum absolute atomic E-state index is 0.0542. The van der Waals surface area contributed by atoms with E-state index in [9.17, 15) is 31.1 Å². The van der Waals surface area contributed by atoms with Crippen LogP contribution >= 0.6 is 11.6 Å². The highest BCUT2D eigenvalue weighted by atomic mass is 35.5. The van der Waals surface area contributed by atoms with Crippen LogP contribution in [-0.2, 0) is 23.5 Å². The first kappa shape index (κ1) is 26.0. The quantitative estimate of drug-likeness (QED) is 0.362. The normalized spacial score (nSPS) is 11.8. The van der Waals surface area contributed by atoms with Crippen molar-refractivity contribution in [1.82, 2.24) is 15.0 Å². The van der Waals surface area contributed by atoms with Crippen molar-refractivity contribution >= 4 is 23.5 Å². The van der Waals surface area contributed by atoms with Crippen molar-refractivity contribution in [3.05, 3.63) is 70.8 Å². The van der Waals surface area contributed by atoms with Crippen LogP contribution in [0.25, 0.3) is 0 Å². The van der Waals surface area contributed by atoms with E-state index in [4.69, 9.17) is 16.3 Å². The van der Waals surface area contributed by atoms with Crippen molar-refractivity contribution in [2.75, 3.05) is 18.6 Å². The zero-order valence-corrected chi connectivity index (χ0v) is 18.4. The topological polar surface area (TPSA) is 77.4 Å². The molecule has 1 amide bonds. The van der Waals surface area contributed by atoms with E-state index in [0.29, 0.717) is 18.1 Å². The predicted molar refractivity (Wildman–Crippen MR) is 111 cm³/mol. The first-order valence-corrected chi connectivity index (χ1v) is 10.0. The van der Waals surface area contributed by atoms with Crippen molar-refractivity contribution in [3.8, 4) is 11.6 Å². The number of anilines is 1. The molecule has 0 unspecified atom stereocenters. The second-order valence-electron chi connectivity index (χ2n) is 6.86. The SMILES string of the molecule is COC(=O)N(CCc1ccc(Oc2ccc(C(F)(F)F)cn2)cc1)c1ncnc(C(F)(F)F)c1Cl. The molecule has 0 fully saturated rings. The Morgan fingerprint density at radius 1 is 0.971 bits per heavy atom. The highest BCUT2D eigenvalue weighted by Gasteiger charge is 2.38. The number of amides is 1. The van der Waals surface area contributed by atoms with Gasteiger partial charge in [0, 0.05) is 18.8 Å². The summed E-state index contributed by atoms with van der Waals surface area (Å²) >= 11 is 5.82. The van der Waals surface area contributed by atoms with E-state index in [2.05, 4.69) is 19.7 Å². The van der Waals surface area contributed by atoms with Crippen molar-refractivity contribution in [3.63, 3.8) is 0 Å². The maximum atomic E-state index is 13.1. The van der Waals surface area contributed by atoms with Gasteiger partial charge in [0.1, 0.15) is 17.1 Å². The number of pyridine rings is 1. The summed E-state index contributed by atoms with van der Waals surface area (Å²) in [4.78, 5) is 23.5. The van der Waals surface area contributed by atoms with Gasteiger partial charge in [-0.1, -0.05) is 23.7 Å². The molecule has 0 saturated heterocycles. The van der Waals surface area contributed by atoms with Gasteiger partial charge in [0.25, 0.3) is 0 Å². The summed E-state index contributed by atoms with van der Waals surface area (Å²) in [5, 5.41) is -0.849. The van der Waals surface area contributed by atoms with Gasteiger partial charge < -0.3 is 9.47 Å². The van der Waals surface area contributed by atoms with Gasteiger partial charge in [-0.05, 0) is 30.2 Å². The van der Waals surface area contributed by atoms with Crippen LogP contribution in [0.15, 0.2) is 48.9 Å². The molecular weight excluding hydrogens is 506 g/mol. The molecule has 0 aliphatic carbocycles. The number of halogens is 7. The number of ether oxygens (including phenoxy) is 2. The van der Waals surface area contributed by atoms with E-state index in [1.165, 1.54) is 12.1 Å². The lowest BCUT2D eigenvalue weighted by atomic mass is 10.1. The van der Waals surface area contributed by atoms with Crippen LogP contribution in [0.3, 0.4) is 0 Å². The Hall–Kier alpha value is -3.61. The Kier molecular flexibility index (Phi) is 7.68. The number of hydrogen-bond donors (Lipinski definition) is 0. The van der Waals surface area contributed by atoms with Crippen molar-refractivity contribution in [2.24, 2.45) is 0 Å². The third-order valence-corrected chi connectivity index (χ3v) is 4.87. The average Bonchev–Trinajstić information content (AvgIpc) is 2.80. The van der Waals surface area contributed by atoms with E-state index in [0.717, 1.165) is 24.1 Å². The smallest absolute Gasteiger partial charge is 0.435 e. The summed E-state index contributed by atoms with van der Waals surface area (Å²) in [6, 6.07) is 8.12. The molecule has 14 heteroatoms. The Morgan fingerprint density at radius 3 is 2.20 bits per heavy atom. The molecule has 0 atom stereocenters. The summed E-state index contributed by atoms with van der Waals surface area (Å²) in [7, 11) is 1.05. The van der Waals surface area contributed by atoms with Gasteiger partial charge in [-0.25, -0.2) is 19.7 Å². The molecule has 1 aromatic carbocycles. The lowest BCUT2D eigenvalue weighted by molar-refractivity contribution is -0.141. The minimum atomic E-state index is -4.85. The molecule has 0 radical (unpaired) electrons. The fourth-order valence-corrected chi connectivity index (χ4v) is 3.14. The molecule has 0 N–H and O–H groups in total. The Balaban J connectivity index is 1.71. The van der Waals surface area contributed by atoms with Crippen LogP contribution in [-0.4, -0.2) is 34.7 Å². The zero-order valence-electron chi connectivity index (χ0n) is 17.7. The lowest BCUT2D eigenvalue weighted by Crippen LogP contribution is -2.34. The third-order valence-electron chi connectivity index (χ3n) is 4.52. The summed E-state index contributed by atoms with van der Waals surface area (Å²) in [6.45, 7) is -0.138. The molecule has 0 aliphatic rings. The number of alkyl halides is 6. The predicted octanol–water partition coefficient (Wildman–Crippen LogP) is 6.17. The molecule has 0 aliphatic heterocycles. The van der Waals surface area contributed by atoms with Gasteiger partial charge in [-0.15, -0.1) is 0 Å². The molecular formula is C21H15ClF6N4O3. The maximum Gasteiger partial charge on any atom is 0.435 e. The second kappa shape index (κ2) is 10.3. The molecule has 7 nitrogen and oxygen atoms in total. The molecule has 3 rings (SSSR count). The molecule has 0 bridgehead atoms. The fraction of sp³-hybridized carbons (Fsp3) is 0.238. The van der Waals surface area contributed by atoms with Crippen LogP contribution in [0.5, 0.6) is 11.6 Å². The zero-order chi connectivity index (χ0) is 25.8. The van der Waals surface area contributed by atoms with E-state index < -0.39 is 40.5 Å². The van der Waals surface area contributed by atoms with Crippen LogP contribution in [0, 0.1) is 0 Å². The van der Waals surface area contributed by atoms with Crippen molar-refractivity contribution in [2.45, 2.75) is 18.8 Å². The molecule has 3 aromatic rings. The van der Waals surface area contributed by atoms with E-state index in [1.807, 2.05) is 0 Å². The van der Waals surface area contributed by atoms with Crippen molar-refractivity contribution in [1.29, 1.82) is 0 Å². The van der Waals surface area contributed by atoms with E-state index in [-0.39, 0.29) is 24.6 Å². The van der Waals surface area contributed by atoms with E-state index >= 15 is 0 Å². The van der Waals surface area contributed by atoms with Gasteiger partial charge in [0.2, 0.25) is 5.88 Å². The van der Waals surface area contributed by atoms with Gasteiger partial charge in [-0.3, -0.25) is 4.90 Å². The average molecular weight is 521 g/mol. The number of carbonyl (C=O) groups is 1. The lowest BCUT2D eigenvalue weighted by Gasteiger charge is -2.22. The summed E-state index contributed by atoms with van der Waals surface area (Å²) in [6.07, 6.45) is -8.90. The molecule has 0 spiro atoms. The molecule has 0 saturated carbocycles. The Labute approximate surface area is 199 Å². The minimum Gasteiger partial charge on any atom is -0.452 e. The first-order valence-electron chi connectivity index (χ1n) is 9.63. The van der Waals surface area contributed by atoms with Gasteiger partial charge in [0.15, 0.2) is 11.5 Å². The molecule has 35 heavy (non-hydrogen) atoms. The number of rotatable bonds is 6. The number of methoxy groups -OCH3 is 1. The van der Waals surface area contributed by atoms with Crippen LogP contribution in [0.4, 0.5) is 37.0 Å². The number of nitrogens with zero attached hydrogens (tertiary/aromatic N) is 4. The number of hydrogen-bond acceptors (Lipinski definition) is 6. The maximum absolute atomic E-state index is 13.1. The largest absolute Gasteiger partial charge is 0.452 e. The van der Waals surface area contributed by atoms with E-state index in [1.54, 1.807) is 12.1 Å². The van der Waals surface area contributed by atoms with Crippen LogP contribution < -0.4 is 9.64 Å². The highest BCUT2D eigenvalue weighted by molar-refractivity contribution is 6.34. The second-order valence-corrected chi connectivity index (χ2v) is 7.24. The van der Waals surface area contributed by atoms with Crippen LogP contribution in [0.2, 0.25) is 5.02 Å². The summed E-state index contributed by atoms with van der Waals surface area (Å²) in [5.41, 5.74) is -1.66. The standard InChI is InChI=1S/C21H15ClF6N4O3/c1-34-19(33)32(18-16(22)17(21(26,27)28)30-11-31-18)9-8-12-2-5-14(6-3-12)35-15-7-4-13(10-29-15)20(23,24)25/h2-7,10-11H,8-9H2,1H3. The van der Waals surface area contributed by atoms with Gasteiger partial charge in [0.05, 0.1) is 12.7 Å². The summed E-state index contributed by atoms with van der Waals surface area (Å²) in [5.74, 6) is -0.241. The number of aromatic nitrogens is 3. The molecule has 2 heterocycles. The van der Waals surface area contributed by atoms with Crippen molar-refractivity contribution < 1.29 is 40.6 Å². The summed E-state index contributed by atoms with van der Waals surface area (Å²) < 4.78 is 87.3. The monoisotopic (exact) mass is 520 g/mol. The highest BCUT2D eigenvalue weighted by Crippen LogP contribution is 2.37. The van der Waals surface area contributed by atoms with Gasteiger partial charge >= 0.3 is 18.4 Å². The number of benzene rings is 1. The molecule has 186 valence electrons.